The van der Waals surface area contributed by atoms with E-state index in [1.807, 2.05) is 19.9 Å². The Bertz CT molecular complexity index is 325. The van der Waals surface area contributed by atoms with Gasteiger partial charge in [0.15, 0.2) is 0 Å². The molecule has 1 rings (SSSR count). The Morgan fingerprint density at radius 2 is 2.07 bits per heavy atom. The van der Waals surface area contributed by atoms with Gasteiger partial charge in [-0.2, -0.15) is 0 Å². The van der Waals surface area contributed by atoms with Crippen molar-refractivity contribution in [3.8, 4) is 5.75 Å². The Morgan fingerprint density at radius 1 is 1.43 bits per heavy atom. The molecule has 0 fully saturated rings. The van der Waals surface area contributed by atoms with E-state index in [0.29, 0.717) is 5.88 Å². The molecule has 0 aliphatic carbocycles. The minimum absolute atomic E-state index is 0.160. The number of hydrogen-bond acceptors (Lipinski definition) is 2. The van der Waals surface area contributed by atoms with E-state index in [1.165, 1.54) is 5.56 Å². The lowest BCUT2D eigenvalue weighted by Gasteiger charge is -2.17. The Hall–Kier alpha value is -0.730. The summed E-state index contributed by atoms with van der Waals surface area (Å²) in [6.07, 6.45) is 0. The second-order valence-electron chi connectivity index (χ2n) is 3.46. The van der Waals surface area contributed by atoms with Gasteiger partial charge in [0.1, 0.15) is 5.75 Å². The zero-order valence-electron chi connectivity index (χ0n) is 8.80. The smallest absolute Gasteiger partial charge is 0.124 e. The molecule has 0 saturated heterocycles. The molecule has 3 heteroatoms. The zero-order valence-corrected chi connectivity index (χ0v) is 9.56. The van der Waals surface area contributed by atoms with Gasteiger partial charge in [-0.3, -0.25) is 0 Å². The van der Waals surface area contributed by atoms with Gasteiger partial charge < -0.3 is 10.5 Å². The van der Waals surface area contributed by atoms with Gasteiger partial charge in [-0.25, -0.2) is 0 Å². The molecule has 0 saturated carbocycles. The van der Waals surface area contributed by atoms with Gasteiger partial charge in [-0.15, -0.1) is 11.6 Å². The number of rotatable bonds is 3. The first-order chi connectivity index (χ1) is 6.60. The third-order valence-corrected chi connectivity index (χ3v) is 2.58. The molecule has 1 atom stereocenters. The first-order valence-corrected chi connectivity index (χ1v) is 5.10. The summed E-state index contributed by atoms with van der Waals surface area (Å²) in [5.41, 5.74) is 9.22. The second kappa shape index (κ2) is 4.67. The standard InChI is InChI=1S/C11H16ClNO/c1-7-4-8(2)11(9(13)6-12)10(5-7)14-3/h4-5,9H,6,13H2,1-3H3. The van der Waals surface area contributed by atoms with Crippen LogP contribution in [-0.4, -0.2) is 13.0 Å². The monoisotopic (exact) mass is 213 g/mol. The summed E-state index contributed by atoms with van der Waals surface area (Å²) < 4.78 is 5.29. The van der Waals surface area contributed by atoms with Gasteiger partial charge in [0.2, 0.25) is 0 Å². The second-order valence-corrected chi connectivity index (χ2v) is 3.77. The minimum Gasteiger partial charge on any atom is -0.496 e. The predicted octanol–water partition coefficient (Wildman–Crippen LogP) is 2.55. The lowest BCUT2D eigenvalue weighted by Crippen LogP contribution is -2.14. The molecule has 0 spiro atoms. The summed E-state index contributed by atoms with van der Waals surface area (Å²) in [6, 6.07) is 3.91. The molecule has 0 aliphatic rings. The SMILES string of the molecule is COc1cc(C)cc(C)c1C(N)CCl. The van der Waals surface area contributed by atoms with Gasteiger partial charge in [0.05, 0.1) is 7.11 Å². The lowest BCUT2D eigenvalue weighted by atomic mass is 9.99. The van der Waals surface area contributed by atoms with Gasteiger partial charge in [-0.1, -0.05) is 6.07 Å². The predicted molar refractivity (Wildman–Crippen MR) is 60.1 cm³/mol. The van der Waals surface area contributed by atoms with Crippen molar-refractivity contribution in [3.63, 3.8) is 0 Å². The highest BCUT2D eigenvalue weighted by molar-refractivity contribution is 6.18. The highest BCUT2D eigenvalue weighted by Gasteiger charge is 2.14. The molecule has 0 radical (unpaired) electrons. The van der Waals surface area contributed by atoms with E-state index < -0.39 is 0 Å². The molecular formula is C11H16ClNO. The minimum atomic E-state index is -0.160. The number of hydrogen-bond donors (Lipinski definition) is 1. The molecule has 0 heterocycles. The highest BCUT2D eigenvalue weighted by atomic mass is 35.5. The Labute approximate surface area is 90.0 Å². The van der Waals surface area contributed by atoms with Crippen molar-refractivity contribution in [1.29, 1.82) is 0 Å². The average molecular weight is 214 g/mol. The third kappa shape index (κ3) is 2.20. The van der Waals surface area contributed by atoms with Crippen LogP contribution in [0.25, 0.3) is 0 Å². The van der Waals surface area contributed by atoms with E-state index in [4.69, 9.17) is 22.1 Å². The summed E-state index contributed by atoms with van der Waals surface area (Å²) in [4.78, 5) is 0. The van der Waals surface area contributed by atoms with Crippen molar-refractivity contribution >= 4 is 11.6 Å². The van der Waals surface area contributed by atoms with E-state index in [-0.39, 0.29) is 6.04 Å². The number of alkyl halides is 1. The maximum atomic E-state index is 5.91. The fourth-order valence-electron chi connectivity index (χ4n) is 1.66. The van der Waals surface area contributed by atoms with E-state index >= 15 is 0 Å². The summed E-state index contributed by atoms with van der Waals surface area (Å²) in [5, 5.41) is 0. The van der Waals surface area contributed by atoms with E-state index in [2.05, 4.69) is 6.07 Å². The van der Waals surface area contributed by atoms with Crippen LogP contribution in [0.4, 0.5) is 0 Å². The molecule has 2 N–H and O–H groups in total. The van der Waals surface area contributed by atoms with Gasteiger partial charge >= 0.3 is 0 Å². The van der Waals surface area contributed by atoms with Crippen molar-refractivity contribution in [2.75, 3.05) is 13.0 Å². The van der Waals surface area contributed by atoms with Gasteiger partial charge in [0.25, 0.3) is 0 Å². The number of aryl methyl sites for hydroxylation is 2. The quantitative estimate of drug-likeness (QED) is 0.784. The van der Waals surface area contributed by atoms with Crippen molar-refractivity contribution in [2.45, 2.75) is 19.9 Å². The van der Waals surface area contributed by atoms with Crippen LogP contribution in [0.15, 0.2) is 12.1 Å². The summed E-state index contributed by atoms with van der Waals surface area (Å²) in [6.45, 7) is 4.06. The number of halogens is 1. The molecule has 0 aliphatic heterocycles. The van der Waals surface area contributed by atoms with Gasteiger partial charge in [0, 0.05) is 17.5 Å². The maximum Gasteiger partial charge on any atom is 0.124 e. The fraction of sp³-hybridized carbons (Fsp3) is 0.455. The van der Waals surface area contributed by atoms with Crippen molar-refractivity contribution in [1.82, 2.24) is 0 Å². The van der Waals surface area contributed by atoms with E-state index in [0.717, 1.165) is 16.9 Å². The number of methoxy groups -OCH3 is 1. The molecule has 2 nitrogen and oxygen atoms in total. The van der Waals surface area contributed by atoms with Crippen LogP contribution >= 0.6 is 11.6 Å². The Kier molecular flexibility index (Phi) is 3.78. The van der Waals surface area contributed by atoms with Crippen LogP contribution < -0.4 is 10.5 Å². The largest absolute Gasteiger partial charge is 0.496 e. The molecule has 1 aromatic rings. The normalized spacial score (nSPS) is 12.6. The van der Waals surface area contributed by atoms with Crippen LogP contribution in [0.5, 0.6) is 5.75 Å². The maximum absolute atomic E-state index is 5.91. The molecule has 1 aromatic carbocycles. The Morgan fingerprint density at radius 3 is 2.57 bits per heavy atom. The first-order valence-electron chi connectivity index (χ1n) is 4.56. The highest BCUT2D eigenvalue weighted by Crippen LogP contribution is 2.29. The number of nitrogens with two attached hydrogens (primary N) is 1. The molecular weight excluding hydrogens is 198 g/mol. The van der Waals surface area contributed by atoms with E-state index in [1.54, 1.807) is 7.11 Å². The molecule has 0 bridgehead atoms. The van der Waals surface area contributed by atoms with Crippen LogP contribution in [0.2, 0.25) is 0 Å². The molecule has 14 heavy (non-hydrogen) atoms. The zero-order chi connectivity index (χ0) is 10.7. The van der Waals surface area contributed by atoms with Crippen molar-refractivity contribution < 1.29 is 4.74 Å². The molecule has 0 aromatic heterocycles. The van der Waals surface area contributed by atoms with Crippen molar-refractivity contribution in [3.05, 3.63) is 28.8 Å². The number of ether oxygens (including phenoxy) is 1. The average Bonchev–Trinajstić information content (AvgIpc) is 2.15. The Balaban J connectivity index is 3.24. The summed E-state index contributed by atoms with van der Waals surface area (Å²) in [5.74, 6) is 1.23. The molecule has 0 amide bonds. The summed E-state index contributed by atoms with van der Waals surface area (Å²) >= 11 is 5.75. The van der Waals surface area contributed by atoms with E-state index in [9.17, 15) is 0 Å². The number of benzene rings is 1. The van der Waals surface area contributed by atoms with Crippen LogP contribution in [0.1, 0.15) is 22.7 Å². The van der Waals surface area contributed by atoms with Crippen LogP contribution in [-0.2, 0) is 0 Å². The summed E-state index contributed by atoms with van der Waals surface area (Å²) in [7, 11) is 1.65. The van der Waals surface area contributed by atoms with Gasteiger partial charge in [-0.05, 0) is 31.0 Å². The molecule has 78 valence electrons. The van der Waals surface area contributed by atoms with Crippen LogP contribution in [0, 0.1) is 13.8 Å². The lowest BCUT2D eigenvalue weighted by molar-refractivity contribution is 0.406. The fourth-order valence-corrected chi connectivity index (χ4v) is 1.82. The molecule has 1 unspecified atom stereocenters. The van der Waals surface area contributed by atoms with Crippen LogP contribution in [0.3, 0.4) is 0 Å². The van der Waals surface area contributed by atoms with Crippen molar-refractivity contribution in [2.24, 2.45) is 5.73 Å². The topological polar surface area (TPSA) is 35.2 Å². The first kappa shape index (κ1) is 11.3. The third-order valence-electron chi connectivity index (χ3n) is 2.25.